The van der Waals surface area contributed by atoms with Crippen LogP contribution >= 0.6 is 0 Å². The number of pyridine rings is 1. The fourth-order valence-electron chi connectivity index (χ4n) is 1.08. The summed E-state index contributed by atoms with van der Waals surface area (Å²) in [5, 5.41) is 0. The van der Waals surface area contributed by atoms with Crippen molar-refractivity contribution in [1.29, 1.82) is 0 Å². The van der Waals surface area contributed by atoms with Crippen LogP contribution in [-0.2, 0) is 0 Å². The van der Waals surface area contributed by atoms with Crippen LogP contribution in [0.3, 0.4) is 0 Å². The van der Waals surface area contributed by atoms with Gasteiger partial charge in [0.25, 0.3) is 0 Å². The molecule has 3 nitrogen and oxygen atoms in total. The van der Waals surface area contributed by atoms with Crippen molar-refractivity contribution in [3.8, 4) is 0 Å². The summed E-state index contributed by atoms with van der Waals surface area (Å²) in [7, 11) is 0. The molecule has 3 heteroatoms. The SMILES string of the molecule is CC(C)[C@@H](N)CC(=O)c1ccccn1. The molecule has 2 N–H and O–H groups in total. The maximum absolute atomic E-state index is 11.6. The molecule has 0 unspecified atom stereocenters. The van der Waals surface area contributed by atoms with Gasteiger partial charge in [-0.15, -0.1) is 0 Å². The normalized spacial score (nSPS) is 12.9. The van der Waals surface area contributed by atoms with E-state index in [1.54, 1.807) is 24.4 Å². The highest BCUT2D eigenvalue weighted by molar-refractivity contribution is 5.94. The van der Waals surface area contributed by atoms with Gasteiger partial charge in [-0.1, -0.05) is 19.9 Å². The Labute approximate surface area is 84.3 Å². The second-order valence-electron chi connectivity index (χ2n) is 3.75. The molecule has 0 amide bonds. The Morgan fingerprint density at radius 1 is 1.50 bits per heavy atom. The average molecular weight is 192 g/mol. The summed E-state index contributed by atoms with van der Waals surface area (Å²) < 4.78 is 0. The first kappa shape index (κ1) is 10.9. The largest absolute Gasteiger partial charge is 0.327 e. The number of hydrogen-bond donors (Lipinski definition) is 1. The van der Waals surface area contributed by atoms with E-state index in [1.165, 1.54) is 0 Å². The third kappa shape index (κ3) is 2.92. The van der Waals surface area contributed by atoms with Crippen LogP contribution in [-0.4, -0.2) is 16.8 Å². The minimum Gasteiger partial charge on any atom is -0.327 e. The summed E-state index contributed by atoms with van der Waals surface area (Å²) in [6, 6.07) is 5.24. The molecule has 14 heavy (non-hydrogen) atoms. The summed E-state index contributed by atoms with van der Waals surface area (Å²) >= 11 is 0. The zero-order chi connectivity index (χ0) is 10.6. The molecular formula is C11H16N2O. The molecule has 0 aliphatic carbocycles. The van der Waals surface area contributed by atoms with Gasteiger partial charge in [0.2, 0.25) is 0 Å². The fourth-order valence-corrected chi connectivity index (χ4v) is 1.08. The number of carbonyl (C=O) groups is 1. The number of Topliss-reactive ketones (excluding diaryl/α,β-unsaturated/α-hetero) is 1. The van der Waals surface area contributed by atoms with Crippen LogP contribution in [0.1, 0.15) is 30.8 Å². The first-order chi connectivity index (χ1) is 6.61. The number of rotatable bonds is 4. The van der Waals surface area contributed by atoms with Crippen LogP contribution in [0.25, 0.3) is 0 Å². The van der Waals surface area contributed by atoms with Crippen molar-refractivity contribution in [2.45, 2.75) is 26.3 Å². The third-order valence-electron chi connectivity index (χ3n) is 2.23. The lowest BCUT2D eigenvalue weighted by atomic mass is 9.98. The molecule has 0 aliphatic heterocycles. The number of nitrogens with two attached hydrogens (primary N) is 1. The van der Waals surface area contributed by atoms with E-state index in [1.807, 2.05) is 13.8 Å². The van der Waals surface area contributed by atoms with E-state index in [2.05, 4.69) is 4.98 Å². The van der Waals surface area contributed by atoms with E-state index in [0.717, 1.165) is 0 Å². The molecule has 0 saturated carbocycles. The molecule has 1 aromatic heterocycles. The number of carbonyl (C=O) groups excluding carboxylic acids is 1. The smallest absolute Gasteiger partial charge is 0.182 e. The van der Waals surface area contributed by atoms with Gasteiger partial charge in [-0.3, -0.25) is 9.78 Å². The zero-order valence-corrected chi connectivity index (χ0v) is 8.60. The van der Waals surface area contributed by atoms with Crippen molar-refractivity contribution in [2.24, 2.45) is 11.7 Å². The minimum atomic E-state index is -0.0792. The lowest BCUT2D eigenvalue weighted by Crippen LogP contribution is -2.29. The summed E-state index contributed by atoms with van der Waals surface area (Å²) in [5.74, 6) is 0.342. The Hall–Kier alpha value is -1.22. The average Bonchev–Trinajstić information content (AvgIpc) is 2.19. The van der Waals surface area contributed by atoms with Crippen molar-refractivity contribution in [1.82, 2.24) is 4.98 Å². The van der Waals surface area contributed by atoms with Gasteiger partial charge in [0.15, 0.2) is 5.78 Å². The van der Waals surface area contributed by atoms with Crippen LogP contribution in [0.5, 0.6) is 0 Å². The Kier molecular flexibility index (Phi) is 3.77. The Balaban J connectivity index is 2.60. The number of hydrogen-bond acceptors (Lipinski definition) is 3. The molecule has 0 bridgehead atoms. The fraction of sp³-hybridized carbons (Fsp3) is 0.455. The number of aromatic nitrogens is 1. The van der Waals surface area contributed by atoms with Gasteiger partial charge in [0, 0.05) is 18.7 Å². The third-order valence-corrected chi connectivity index (χ3v) is 2.23. The van der Waals surface area contributed by atoms with Crippen LogP contribution in [0.4, 0.5) is 0 Å². The molecule has 0 saturated heterocycles. The van der Waals surface area contributed by atoms with Gasteiger partial charge in [-0.2, -0.15) is 0 Å². The van der Waals surface area contributed by atoms with Crippen molar-refractivity contribution >= 4 is 5.78 Å². The molecule has 0 fully saturated rings. The molecule has 1 heterocycles. The monoisotopic (exact) mass is 192 g/mol. The first-order valence-corrected chi connectivity index (χ1v) is 4.81. The quantitative estimate of drug-likeness (QED) is 0.738. The molecule has 1 atom stereocenters. The van der Waals surface area contributed by atoms with E-state index in [0.29, 0.717) is 18.0 Å². The summed E-state index contributed by atoms with van der Waals surface area (Å²) in [4.78, 5) is 15.6. The number of nitrogens with zero attached hydrogens (tertiary/aromatic N) is 1. The van der Waals surface area contributed by atoms with E-state index < -0.39 is 0 Å². The lowest BCUT2D eigenvalue weighted by molar-refractivity contribution is 0.0963. The van der Waals surface area contributed by atoms with E-state index >= 15 is 0 Å². The molecule has 0 radical (unpaired) electrons. The van der Waals surface area contributed by atoms with Crippen molar-refractivity contribution in [2.75, 3.05) is 0 Å². The number of ketones is 1. The molecule has 76 valence electrons. The van der Waals surface area contributed by atoms with Crippen molar-refractivity contribution in [3.63, 3.8) is 0 Å². The van der Waals surface area contributed by atoms with Gasteiger partial charge in [0.05, 0.1) is 0 Å². The van der Waals surface area contributed by atoms with Gasteiger partial charge in [-0.05, 0) is 18.1 Å². The highest BCUT2D eigenvalue weighted by Gasteiger charge is 2.14. The molecular weight excluding hydrogens is 176 g/mol. The van der Waals surface area contributed by atoms with E-state index in [9.17, 15) is 4.79 Å². The second kappa shape index (κ2) is 4.86. The van der Waals surface area contributed by atoms with Crippen LogP contribution < -0.4 is 5.73 Å². The van der Waals surface area contributed by atoms with Gasteiger partial charge in [0.1, 0.15) is 5.69 Å². The predicted molar refractivity (Wildman–Crippen MR) is 56.0 cm³/mol. The highest BCUT2D eigenvalue weighted by Crippen LogP contribution is 2.07. The van der Waals surface area contributed by atoms with Crippen LogP contribution in [0, 0.1) is 5.92 Å². The summed E-state index contributed by atoms with van der Waals surface area (Å²) in [6.07, 6.45) is 1.99. The van der Waals surface area contributed by atoms with Crippen molar-refractivity contribution < 1.29 is 4.79 Å². The van der Waals surface area contributed by atoms with Crippen LogP contribution in [0.15, 0.2) is 24.4 Å². The molecule has 0 spiro atoms. The molecule has 0 aliphatic rings. The molecule has 1 rings (SSSR count). The van der Waals surface area contributed by atoms with Crippen molar-refractivity contribution in [3.05, 3.63) is 30.1 Å². The summed E-state index contributed by atoms with van der Waals surface area (Å²) in [6.45, 7) is 4.02. The topological polar surface area (TPSA) is 56.0 Å². The van der Waals surface area contributed by atoms with Gasteiger partial charge >= 0.3 is 0 Å². The Morgan fingerprint density at radius 2 is 2.21 bits per heavy atom. The lowest BCUT2D eigenvalue weighted by Gasteiger charge is -2.13. The second-order valence-corrected chi connectivity index (χ2v) is 3.75. The zero-order valence-electron chi connectivity index (χ0n) is 8.60. The highest BCUT2D eigenvalue weighted by atomic mass is 16.1. The predicted octanol–water partition coefficient (Wildman–Crippen LogP) is 1.64. The summed E-state index contributed by atoms with van der Waals surface area (Å²) in [5.41, 5.74) is 6.31. The van der Waals surface area contributed by atoms with E-state index in [-0.39, 0.29) is 11.8 Å². The van der Waals surface area contributed by atoms with Gasteiger partial charge < -0.3 is 5.73 Å². The molecule has 0 aromatic carbocycles. The minimum absolute atomic E-state index is 0.0202. The maximum Gasteiger partial charge on any atom is 0.182 e. The Morgan fingerprint density at radius 3 is 2.71 bits per heavy atom. The first-order valence-electron chi connectivity index (χ1n) is 4.81. The standard InChI is InChI=1S/C11H16N2O/c1-8(2)9(12)7-11(14)10-5-3-4-6-13-10/h3-6,8-9H,7,12H2,1-2H3/t9-/m0/s1. The van der Waals surface area contributed by atoms with Gasteiger partial charge in [-0.25, -0.2) is 0 Å². The van der Waals surface area contributed by atoms with E-state index in [4.69, 9.17) is 5.73 Å². The maximum atomic E-state index is 11.6. The van der Waals surface area contributed by atoms with Crippen LogP contribution in [0.2, 0.25) is 0 Å². The Bertz CT molecular complexity index is 295. The molecule has 1 aromatic rings.